The summed E-state index contributed by atoms with van der Waals surface area (Å²) in [5.74, 6) is -0.607. The van der Waals surface area contributed by atoms with Crippen LogP contribution in [0.5, 0.6) is 0 Å². The Morgan fingerprint density at radius 1 is 1.50 bits per heavy atom. The van der Waals surface area contributed by atoms with Crippen LogP contribution >= 0.6 is 11.6 Å². The lowest BCUT2D eigenvalue weighted by molar-refractivity contribution is -0.119. The predicted molar refractivity (Wildman–Crippen MR) is 70.5 cm³/mol. The number of benzene rings is 1. The maximum atomic E-state index is 12.1. The van der Waals surface area contributed by atoms with Crippen molar-refractivity contribution in [2.75, 3.05) is 5.01 Å². The SMILES string of the molecule is CC1=NN(c2ccc(C)c(Cl)c2)C(=O)C1CC#N. The molecule has 1 aliphatic rings. The van der Waals surface area contributed by atoms with E-state index in [1.165, 1.54) is 5.01 Å². The van der Waals surface area contributed by atoms with Gasteiger partial charge >= 0.3 is 0 Å². The highest BCUT2D eigenvalue weighted by atomic mass is 35.5. The molecule has 0 N–H and O–H groups in total. The molecule has 0 radical (unpaired) electrons. The fourth-order valence-electron chi connectivity index (χ4n) is 1.83. The van der Waals surface area contributed by atoms with Crippen LogP contribution in [-0.4, -0.2) is 11.6 Å². The average molecular weight is 262 g/mol. The van der Waals surface area contributed by atoms with E-state index in [0.717, 1.165) is 5.56 Å². The number of amides is 1. The van der Waals surface area contributed by atoms with Gasteiger partial charge < -0.3 is 0 Å². The summed E-state index contributed by atoms with van der Waals surface area (Å²) in [5.41, 5.74) is 2.25. The zero-order valence-electron chi connectivity index (χ0n) is 10.1. The van der Waals surface area contributed by atoms with Gasteiger partial charge in [-0.1, -0.05) is 17.7 Å². The normalized spacial score (nSPS) is 18.8. The van der Waals surface area contributed by atoms with Crippen molar-refractivity contribution in [3.8, 4) is 6.07 Å². The molecule has 2 rings (SSSR count). The fraction of sp³-hybridized carbons (Fsp3) is 0.308. The maximum absolute atomic E-state index is 12.1. The summed E-state index contributed by atoms with van der Waals surface area (Å²) in [6, 6.07) is 7.35. The quantitative estimate of drug-likeness (QED) is 0.822. The Morgan fingerprint density at radius 3 is 2.83 bits per heavy atom. The van der Waals surface area contributed by atoms with E-state index in [4.69, 9.17) is 16.9 Å². The number of aryl methyl sites for hydroxylation is 1. The van der Waals surface area contributed by atoms with Gasteiger partial charge in [0.25, 0.3) is 5.91 Å². The average Bonchev–Trinajstić information content (AvgIpc) is 2.61. The van der Waals surface area contributed by atoms with E-state index in [-0.39, 0.29) is 12.3 Å². The summed E-state index contributed by atoms with van der Waals surface area (Å²) >= 11 is 6.04. The lowest BCUT2D eigenvalue weighted by Crippen LogP contribution is -2.26. The number of hydrogen-bond donors (Lipinski definition) is 0. The van der Waals surface area contributed by atoms with Crippen LogP contribution in [0, 0.1) is 24.2 Å². The van der Waals surface area contributed by atoms with Gasteiger partial charge in [0.2, 0.25) is 0 Å². The Kier molecular flexibility index (Phi) is 3.35. The Hall–Kier alpha value is -1.86. The first-order valence-corrected chi connectivity index (χ1v) is 5.94. The summed E-state index contributed by atoms with van der Waals surface area (Å²) in [5, 5.41) is 14.8. The van der Waals surface area contributed by atoms with E-state index < -0.39 is 5.92 Å². The van der Waals surface area contributed by atoms with Crippen LogP contribution in [0.2, 0.25) is 5.02 Å². The number of hydrogen-bond acceptors (Lipinski definition) is 3. The molecule has 1 heterocycles. The van der Waals surface area contributed by atoms with Crippen LogP contribution in [0.15, 0.2) is 23.3 Å². The molecule has 1 amide bonds. The molecule has 1 atom stereocenters. The first kappa shape index (κ1) is 12.6. The molecule has 4 nitrogen and oxygen atoms in total. The minimum Gasteiger partial charge on any atom is -0.272 e. The second-order valence-corrected chi connectivity index (χ2v) is 4.65. The van der Waals surface area contributed by atoms with Crippen LogP contribution in [0.25, 0.3) is 0 Å². The predicted octanol–water partition coefficient (Wildman–Crippen LogP) is 2.90. The molecular weight excluding hydrogens is 250 g/mol. The Morgan fingerprint density at radius 2 is 2.22 bits per heavy atom. The van der Waals surface area contributed by atoms with Crippen molar-refractivity contribution in [1.82, 2.24) is 0 Å². The topological polar surface area (TPSA) is 56.5 Å². The first-order chi connectivity index (χ1) is 8.54. The van der Waals surface area contributed by atoms with Crippen molar-refractivity contribution in [2.45, 2.75) is 20.3 Å². The monoisotopic (exact) mass is 261 g/mol. The van der Waals surface area contributed by atoms with Gasteiger partial charge in [-0.15, -0.1) is 0 Å². The summed E-state index contributed by atoms with van der Waals surface area (Å²) < 4.78 is 0. The minimum absolute atomic E-state index is 0.157. The molecule has 0 aliphatic carbocycles. The third kappa shape index (κ3) is 2.09. The molecule has 1 unspecified atom stereocenters. The van der Waals surface area contributed by atoms with E-state index in [0.29, 0.717) is 16.4 Å². The van der Waals surface area contributed by atoms with E-state index in [1.807, 2.05) is 19.1 Å². The second kappa shape index (κ2) is 4.79. The van der Waals surface area contributed by atoms with Gasteiger partial charge in [-0.05, 0) is 31.5 Å². The summed E-state index contributed by atoms with van der Waals surface area (Å²) in [6.07, 6.45) is 0.157. The molecule has 5 heteroatoms. The van der Waals surface area contributed by atoms with E-state index in [9.17, 15) is 4.79 Å². The molecule has 1 aromatic carbocycles. The Bertz CT molecular complexity index is 574. The molecule has 1 aromatic rings. The van der Waals surface area contributed by atoms with Crippen molar-refractivity contribution in [2.24, 2.45) is 11.0 Å². The number of carbonyl (C=O) groups excluding carboxylic acids is 1. The van der Waals surface area contributed by atoms with Crippen LogP contribution in [0.4, 0.5) is 5.69 Å². The number of anilines is 1. The smallest absolute Gasteiger partial charge is 0.257 e. The molecule has 0 saturated carbocycles. The Labute approximate surface area is 110 Å². The zero-order valence-corrected chi connectivity index (χ0v) is 10.9. The van der Waals surface area contributed by atoms with Gasteiger partial charge in [0.05, 0.1) is 24.1 Å². The van der Waals surface area contributed by atoms with E-state index >= 15 is 0 Å². The van der Waals surface area contributed by atoms with E-state index in [1.54, 1.807) is 19.1 Å². The minimum atomic E-state index is -0.435. The first-order valence-electron chi connectivity index (χ1n) is 5.56. The number of halogens is 1. The lowest BCUT2D eigenvalue weighted by Gasteiger charge is -2.14. The molecular formula is C13H12ClN3O. The number of nitriles is 1. The molecule has 0 fully saturated rings. The van der Waals surface area contributed by atoms with Gasteiger partial charge in [0.15, 0.2) is 0 Å². The largest absolute Gasteiger partial charge is 0.272 e. The number of nitrogens with zero attached hydrogens (tertiary/aromatic N) is 3. The highest BCUT2D eigenvalue weighted by molar-refractivity contribution is 6.31. The standard InChI is InChI=1S/C13H12ClN3O/c1-8-3-4-10(7-12(8)14)17-13(18)11(5-6-15)9(2)16-17/h3-4,7,11H,5H2,1-2H3. The van der Waals surface area contributed by atoms with Gasteiger partial charge in [-0.25, -0.2) is 5.01 Å². The second-order valence-electron chi connectivity index (χ2n) is 4.24. The van der Waals surface area contributed by atoms with Gasteiger partial charge in [-0.3, -0.25) is 4.79 Å². The number of rotatable bonds is 2. The van der Waals surface area contributed by atoms with Crippen molar-refractivity contribution in [1.29, 1.82) is 5.26 Å². The van der Waals surface area contributed by atoms with Gasteiger partial charge in [0, 0.05) is 10.7 Å². The molecule has 0 saturated heterocycles. The molecule has 18 heavy (non-hydrogen) atoms. The Balaban J connectivity index is 2.33. The number of hydrazone groups is 1. The lowest BCUT2D eigenvalue weighted by atomic mass is 10.0. The molecule has 0 spiro atoms. The van der Waals surface area contributed by atoms with Crippen molar-refractivity contribution in [3.05, 3.63) is 28.8 Å². The maximum Gasteiger partial charge on any atom is 0.257 e. The molecule has 92 valence electrons. The van der Waals surface area contributed by atoms with Crippen LogP contribution in [0.1, 0.15) is 18.9 Å². The van der Waals surface area contributed by atoms with Gasteiger partial charge in [0.1, 0.15) is 0 Å². The summed E-state index contributed by atoms with van der Waals surface area (Å²) in [6.45, 7) is 3.65. The van der Waals surface area contributed by atoms with Crippen molar-refractivity contribution >= 4 is 28.9 Å². The third-order valence-electron chi connectivity index (χ3n) is 2.96. The van der Waals surface area contributed by atoms with Crippen LogP contribution in [-0.2, 0) is 4.79 Å². The summed E-state index contributed by atoms with van der Waals surface area (Å²) in [7, 11) is 0. The summed E-state index contributed by atoms with van der Waals surface area (Å²) in [4.78, 5) is 12.1. The molecule has 0 aromatic heterocycles. The highest BCUT2D eigenvalue weighted by Gasteiger charge is 2.34. The molecule has 0 bridgehead atoms. The van der Waals surface area contributed by atoms with E-state index in [2.05, 4.69) is 5.10 Å². The van der Waals surface area contributed by atoms with Crippen molar-refractivity contribution < 1.29 is 4.79 Å². The van der Waals surface area contributed by atoms with Gasteiger partial charge in [-0.2, -0.15) is 10.4 Å². The third-order valence-corrected chi connectivity index (χ3v) is 3.37. The zero-order chi connectivity index (χ0) is 13.3. The van der Waals surface area contributed by atoms with Crippen molar-refractivity contribution in [3.63, 3.8) is 0 Å². The highest BCUT2D eigenvalue weighted by Crippen LogP contribution is 2.28. The fourth-order valence-corrected chi connectivity index (χ4v) is 2.00. The van der Waals surface area contributed by atoms with Crippen LogP contribution in [0.3, 0.4) is 0 Å². The van der Waals surface area contributed by atoms with Crippen LogP contribution < -0.4 is 5.01 Å². The molecule has 1 aliphatic heterocycles. The number of carbonyl (C=O) groups is 1.